The van der Waals surface area contributed by atoms with E-state index in [4.69, 9.17) is 11.6 Å². The van der Waals surface area contributed by atoms with E-state index in [0.29, 0.717) is 11.1 Å². The van der Waals surface area contributed by atoms with Crippen molar-refractivity contribution >= 4 is 29.2 Å². The van der Waals surface area contributed by atoms with Crippen LogP contribution < -0.4 is 4.90 Å². The maximum Gasteiger partial charge on any atom is 0.135 e. The summed E-state index contributed by atoms with van der Waals surface area (Å²) in [6.07, 6.45) is 2.44. The van der Waals surface area contributed by atoms with Crippen molar-refractivity contribution in [2.24, 2.45) is 0 Å². The Kier molecular flexibility index (Phi) is 2.94. The molecule has 1 aliphatic heterocycles. The summed E-state index contributed by atoms with van der Waals surface area (Å²) in [4.78, 5) is 11.3. The molecule has 3 nitrogen and oxygen atoms in total. The van der Waals surface area contributed by atoms with Crippen molar-refractivity contribution in [1.82, 2.24) is 9.97 Å². The Balaban J connectivity index is 1.86. The van der Waals surface area contributed by atoms with Crippen LogP contribution in [0.15, 0.2) is 6.07 Å². The average molecular weight is 256 g/mol. The summed E-state index contributed by atoms with van der Waals surface area (Å²) in [6.45, 7) is 2.14. The van der Waals surface area contributed by atoms with Gasteiger partial charge in [-0.2, -0.15) is 11.8 Å². The quantitative estimate of drug-likeness (QED) is 0.760. The van der Waals surface area contributed by atoms with E-state index in [9.17, 15) is 0 Å². The van der Waals surface area contributed by atoms with Gasteiger partial charge in [-0.25, -0.2) is 9.97 Å². The summed E-state index contributed by atoms with van der Waals surface area (Å²) in [5.41, 5.74) is 0. The number of hydrogen-bond acceptors (Lipinski definition) is 4. The molecule has 0 radical (unpaired) electrons. The van der Waals surface area contributed by atoms with Gasteiger partial charge in [0, 0.05) is 36.6 Å². The molecule has 0 amide bonds. The minimum absolute atomic E-state index is 0.566. The first-order chi connectivity index (χ1) is 7.83. The van der Waals surface area contributed by atoms with E-state index in [1.807, 2.05) is 17.8 Å². The smallest absolute Gasteiger partial charge is 0.135 e. The van der Waals surface area contributed by atoms with Gasteiger partial charge in [0.1, 0.15) is 16.8 Å². The second-order valence-corrected chi connectivity index (χ2v) is 5.89. The molecule has 1 saturated heterocycles. The van der Waals surface area contributed by atoms with Crippen molar-refractivity contribution in [2.45, 2.75) is 18.8 Å². The first-order valence-electron chi connectivity index (χ1n) is 5.70. The standard InChI is InChI=1S/C11H14ClN3S/c12-9-7-10(15-3-5-16-6-4-15)14-11(13-9)8-1-2-8/h7-8H,1-6H2. The fourth-order valence-corrected chi connectivity index (χ4v) is 2.99. The third-order valence-corrected chi connectivity index (χ3v) is 4.11. The van der Waals surface area contributed by atoms with E-state index < -0.39 is 0 Å². The summed E-state index contributed by atoms with van der Waals surface area (Å²) in [6, 6.07) is 1.89. The first-order valence-corrected chi connectivity index (χ1v) is 7.23. The van der Waals surface area contributed by atoms with Crippen LogP contribution in [0, 0.1) is 0 Å². The largest absolute Gasteiger partial charge is 0.355 e. The fraction of sp³-hybridized carbons (Fsp3) is 0.636. The van der Waals surface area contributed by atoms with Gasteiger partial charge in [-0.05, 0) is 12.8 Å². The summed E-state index contributed by atoms with van der Waals surface area (Å²) in [7, 11) is 0. The van der Waals surface area contributed by atoms with Gasteiger partial charge in [-0.15, -0.1) is 0 Å². The molecule has 0 atom stereocenters. The molecule has 1 aromatic heterocycles. The van der Waals surface area contributed by atoms with Crippen LogP contribution in [0.25, 0.3) is 0 Å². The van der Waals surface area contributed by atoms with Gasteiger partial charge in [0.2, 0.25) is 0 Å². The molecule has 3 rings (SSSR count). The number of hydrogen-bond donors (Lipinski definition) is 0. The van der Waals surface area contributed by atoms with E-state index in [-0.39, 0.29) is 0 Å². The number of anilines is 1. The lowest BCUT2D eigenvalue weighted by molar-refractivity contribution is 0.815. The van der Waals surface area contributed by atoms with Crippen LogP contribution in [-0.2, 0) is 0 Å². The maximum atomic E-state index is 6.06. The average Bonchev–Trinajstić information content (AvgIpc) is 3.13. The van der Waals surface area contributed by atoms with Gasteiger partial charge in [0.25, 0.3) is 0 Å². The SMILES string of the molecule is Clc1cc(N2CCSCC2)nc(C2CC2)n1. The summed E-state index contributed by atoms with van der Waals surface area (Å²) >= 11 is 8.06. The zero-order valence-corrected chi connectivity index (χ0v) is 10.6. The highest BCUT2D eigenvalue weighted by Gasteiger charge is 2.28. The predicted molar refractivity (Wildman–Crippen MR) is 68.6 cm³/mol. The third kappa shape index (κ3) is 2.28. The highest BCUT2D eigenvalue weighted by Crippen LogP contribution is 2.39. The summed E-state index contributed by atoms with van der Waals surface area (Å²) in [5.74, 6) is 4.89. The Morgan fingerprint density at radius 2 is 2.00 bits per heavy atom. The molecular formula is C11H14ClN3S. The predicted octanol–water partition coefficient (Wildman–Crippen LogP) is 2.56. The molecule has 16 heavy (non-hydrogen) atoms. The molecule has 5 heteroatoms. The van der Waals surface area contributed by atoms with Crippen LogP contribution >= 0.6 is 23.4 Å². The van der Waals surface area contributed by atoms with Gasteiger partial charge >= 0.3 is 0 Å². The summed E-state index contributed by atoms with van der Waals surface area (Å²) < 4.78 is 0. The molecule has 1 aromatic rings. The lowest BCUT2D eigenvalue weighted by Crippen LogP contribution is -2.33. The van der Waals surface area contributed by atoms with Gasteiger partial charge in [0.15, 0.2) is 0 Å². The molecule has 2 fully saturated rings. The molecule has 0 N–H and O–H groups in total. The highest BCUT2D eigenvalue weighted by atomic mass is 35.5. The van der Waals surface area contributed by atoms with Gasteiger partial charge < -0.3 is 4.90 Å². The van der Waals surface area contributed by atoms with E-state index >= 15 is 0 Å². The lowest BCUT2D eigenvalue weighted by atomic mass is 10.3. The molecule has 1 aliphatic carbocycles. The lowest BCUT2D eigenvalue weighted by Gasteiger charge is -2.27. The Labute approximate surface area is 105 Å². The Morgan fingerprint density at radius 1 is 1.25 bits per heavy atom. The molecule has 86 valence electrons. The number of thioether (sulfide) groups is 1. The molecule has 0 bridgehead atoms. The molecule has 0 aromatic carbocycles. The molecule has 0 spiro atoms. The zero-order valence-electron chi connectivity index (χ0n) is 9.03. The topological polar surface area (TPSA) is 29.0 Å². The maximum absolute atomic E-state index is 6.06. The van der Waals surface area contributed by atoms with Crippen molar-refractivity contribution in [1.29, 1.82) is 0 Å². The highest BCUT2D eigenvalue weighted by molar-refractivity contribution is 7.99. The fourth-order valence-electron chi connectivity index (χ4n) is 1.90. The first kappa shape index (κ1) is 10.7. The Morgan fingerprint density at radius 3 is 2.69 bits per heavy atom. The van der Waals surface area contributed by atoms with Crippen molar-refractivity contribution < 1.29 is 0 Å². The summed E-state index contributed by atoms with van der Waals surface area (Å²) in [5, 5.41) is 0.588. The van der Waals surface area contributed by atoms with Crippen LogP contribution in [0.5, 0.6) is 0 Å². The molecule has 0 unspecified atom stereocenters. The van der Waals surface area contributed by atoms with Crippen LogP contribution in [0.4, 0.5) is 5.82 Å². The molecule has 2 heterocycles. The third-order valence-electron chi connectivity index (χ3n) is 2.98. The van der Waals surface area contributed by atoms with Crippen molar-refractivity contribution in [3.05, 3.63) is 17.0 Å². The number of rotatable bonds is 2. The van der Waals surface area contributed by atoms with Crippen LogP contribution in [0.2, 0.25) is 5.15 Å². The van der Waals surface area contributed by atoms with Crippen molar-refractivity contribution in [3.8, 4) is 0 Å². The molecule has 1 saturated carbocycles. The van der Waals surface area contributed by atoms with E-state index in [2.05, 4.69) is 14.9 Å². The minimum atomic E-state index is 0.566. The second-order valence-electron chi connectivity index (χ2n) is 4.28. The van der Waals surface area contributed by atoms with E-state index in [0.717, 1.165) is 24.7 Å². The van der Waals surface area contributed by atoms with Crippen LogP contribution in [0.1, 0.15) is 24.6 Å². The zero-order chi connectivity index (χ0) is 11.0. The number of nitrogens with zero attached hydrogens (tertiary/aromatic N) is 3. The van der Waals surface area contributed by atoms with E-state index in [1.165, 1.54) is 24.3 Å². The van der Waals surface area contributed by atoms with Crippen LogP contribution in [-0.4, -0.2) is 34.6 Å². The second kappa shape index (κ2) is 4.41. The minimum Gasteiger partial charge on any atom is -0.355 e. The normalized spacial score (nSPS) is 21.2. The Hall–Kier alpha value is -0.480. The van der Waals surface area contributed by atoms with Crippen LogP contribution in [0.3, 0.4) is 0 Å². The number of aromatic nitrogens is 2. The van der Waals surface area contributed by atoms with Crippen molar-refractivity contribution in [2.75, 3.05) is 29.5 Å². The monoisotopic (exact) mass is 255 g/mol. The number of halogens is 1. The van der Waals surface area contributed by atoms with E-state index in [1.54, 1.807) is 0 Å². The van der Waals surface area contributed by atoms with Gasteiger partial charge in [0.05, 0.1) is 0 Å². The molecule has 2 aliphatic rings. The Bertz CT molecular complexity index is 389. The van der Waals surface area contributed by atoms with Gasteiger partial charge in [-0.1, -0.05) is 11.6 Å². The van der Waals surface area contributed by atoms with Crippen molar-refractivity contribution in [3.63, 3.8) is 0 Å². The van der Waals surface area contributed by atoms with Gasteiger partial charge in [-0.3, -0.25) is 0 Å². The molecular weight excluding hydrogens is 242 g/mol.